The first-order valence-electron chi connectivity index (χ1n) is 6.76. The number of benzene rings is 1. The largest absolute Gasteiger partial charge is 0.386 e. The van der Waals surface area contributed by atoms with Gasteiger partial charge in [-0.2, -0.15) is 0 Å². The predicted octanol–water partition coefficient (Wildman–Crippen LogP) is 2.37. The topological polar surface area (TPSA) is 58.6 Å². The number of carbonyl (C=O) groups is 1. The van der Waals surface area contributed by atoms with Crippen molar-refractivity contribution in [1.82, 2.24) is 0 Å². The van der Waals surface area contributed by atoms with Crippen LogP contribution in [0.1, 0.15) is 49.0 Å². The Hall–Kier alpha value is -1.39. The third kappa shape index (κ3) is 2.51. The molecule has 2 atom stereocenters. The van der Waals surface area contributed by atoms with Crippen molar-refractivity contribution in [3.63, 3.8) is 0 Å². The summed E-state index contributed by atoms with van der Waals surface area (Å²) in [5.74, 6) is -0.0772. The smallest absolute Gasteiger partial charge is 0.232 e. The second-order valence-electron chi connectivity index (χ2n) is 4.92. The van der Waals surface area contributed by atoms with E-state index in [2.05, 4.69) is 18.3 Å². The van der Waals surface area contributed by atoms with Gasteiger partial charge >= 0.3 is 0 Å². The van der Waals surface area contributed by atoms with Crippen LogP contribution in [0.5, 0.6) is 0 Å². The van der Waals surface area contributed by atoms with Crippen molar-refractivity contribution in [3.8, 4) is 0 Å². The molecule has 0 aromatic heterocycles. The average Bonchev–Trinajstić information content (AvgIpc) is 2.72. The Labute approximate surface area is 113 Å². The number of carbonyl (C=O) groups excluding carboxylic acids is 1. The molecule has 19 heavy (non-hydrogen) atoms. The van der Waals surface area contributed by atoms with E-state index in [1.54, 1.807) is 7.11 Å². The van der Waals surface area contributed by atoms with Crippen molar-refractivity contribution in [2.45, 2.75) is 38.7 Å². The highest BCUT2D eigenvalue weighted by Gasteiger charge is 2.32. The molecule has 4 heteroatoms. The van der Waals surface area contributed by atoms with Gasteiger partial charge in [-0.05, 0) is 24.0 Å². The quantitative estimate of drug-likeness (QED) is 0.857. The van der Waals surface area contributed by atoms with Crippen molar-refractivity contribution in [1.29, 1.82) is 0 Å². The van der Waals surface area contributed by atoms with E-state index in [0.717, 1.165) is 35.2 Å². The van der Waals surface area contributed by atoms with E-state index >= 15 is 0 Å². The minimum Gasteiger partial charge on any atom is -0.386 e. The summed E-state index contributed by atoms with van der Waals surface area (Å²) < 4.78 is 5.01. The normalized spacial score (nSPS) is 19.2. The monoisotopic (exact) mass is 263 g/mol. The number of hydrogen-bond donors (Lipinski definition) is 2. The Morgan fingerprint density at radius 3 is 2.74 bits per heavy atom. The molecule has 0 radical (unpaired) electrons. The van der Waals surface area contributed by atoms with Gasteiger partial charge in [0.1, 0.15) is 6.10 Å². The summed E-state index contributed by atoms with van der Waals surface area (Å²) in [5, 5.41) is 13.1. The minimum atomic E-state index is -0.707. The number of fused-ring (bicyclic) bond motifs is 1. The predicted molar refractivity (Wildman–Crippen MR) is 74.3 cm³/mol. The molecule has 0 bridgehead atoms. The van der Waals surface area contributed by atoms with Crippen molar-refractivity contribution >= 4 is 11.6 Å². The maximum atomic E-state index is 12.0. The fourth-order valence-corrected chi connectivity index (χ4v) is 2.64. The highest BCUT2D eigenvalue weighted by Crippen LogP contribution is 2.40. The number of ether oxygens (including phenoxy) is 1. The Kier molecular flexibility index (Phi) is 4.22. The first-order valence-corrected chi connectivity index (χ1v) is 6.76. The molecule has 2 rings (SSSR count). The molecule has 1 heterocycles. The molecular formula is C15H21NO3. The van der Waals surface area contributed by atoms with Gasteiger partial charge in [-0.1, -0.05) is 26.0 Å². The maximum Gasteiger partial charge on any atom is 0.232 e. The number of methoxy groups -OCH3 is 1. The third-order valence-electron chi connectivity index (χ3n) is 3.70. The molecule has 1 aliphatic rings. The number of hydrogen-bond acceptors (Lipinski definition) is 3. The van der Waals surface area contributed by atoms with Crippen LogP contribution >= 0.6 is 0 Å². The highest BCUT2D eigenvalue weighted by molar-refractivity contribution is 6.03. The summed E-state index contributed by atoms with van der Waals surface area (Å²) in [6, 6.07) is 4.03. The van der Waals surface area contributed by atoms with Crippen LogP contribution in [-0.4, -0.2) is 24.7 Å². The number of aliphatic hydroxyl groups excluding tert-OH is 1. The SMILES string of the molecule is CCc1cc(C(O)COC)c2c(c1)C(CC)C(=O)N2. The molecule has 0 aliphatic carbocycles. The van der Waals surface area contributed by atoms with Crippen LogP contribution in [0.25, 0.3) is 0 Å². The molecule has 104 valence electrons. The lowest BCUT2D eigenvalue weighted by Gasteiger charge is -2.16. The van der Waals surface area contributed by atoms with Gasteiger partial charge in [-0.15, -0.1) is 0 Å². The fourth-order valence-electron chi connectivity index (χ4n) is 2.64. The number of aliphatic hydroxyl groups is 1. The van der Waals surface area contributed by atoms with E-state index in [0.29, 0.717) is 0 Å². The van der Waals surface area contributed by atoms with Crippen molar-refractivity contribution in [2.75, 3.05) is 19.0 Å². The zero-order chi connectivity index (χ0) is 14.0. The third-order valence-corrected chi connectivity index (χ3v) is 3.70. The molecule has 2 N–H and O–H groups in total. The molecule has 1 amide bonds. The van der Waals surface area contributed by atoms with E-state index in [1.165, 1.54) is 0 Å². The van der Waals surface area contributed by atoms with E-state index in [9.17, 15) is 9.90 Å². The molecular weight excluding hydrogens is 242 g/mol. The van der Waals surface area contributed by atoms with Gasteiger partial charge in [-0.25, -0.2) is 0 Å². The van der Waals surface area contributed by atoms with Gasteiger partial charge in [0.25, 0.3) is 0 Å². The summed E-state index contributed by atoms with van der Waals surface area (Å²) in [4.78, 5) is 12.0. The van der Waals surface area contributed by atoms with Crippen LogP contribution in [0.2, 0.25) is 0 Å². The van der Waals surface area contributed by atoms with Crippen LogP contribution in [-0.2, 0) is 16.0 Å². The molecule has 0 spiro atoms. The molecule has 4 nitrogen and oxygen atoms in total. The number of nitrogens with one attached hydrogen (secondary N) is 1. The molecule has 1 aromatic carbocycles. The molecule has 2 unspecified atom stereocenters. The van der Waals surface area contributed by atoms with E-state index < -0.39 is 6.10 Å². The van der Waals surface area contributed by atoms with Gasteiger partial charge in [0.15, 0.2) is 0 Å². The summed E-state index contributed by atoms with van der Waals surface area (Å²) in [7, 11) is 1.56. The zero-order valence-corrected chi connectivity index (χ0v) is 11.7. The number of rotatable bonds is 5. The first-order chi connectivity index (χ1) is 9.12. The van der Waals surface area contributed by atoms with Gasteiger partial charge in [0, 0.05) is 12.7 Å². The van der Waals surface area contributed by atoms with E-state index in [-0.39, 0.29) is 18.4 Å². The van der Waals surface area contributed by atoms with Crippen LogP contribution in [0, 0.1) is 0 Å². The number of anilines is 1. The Morgan fingerprint density at radius 2 is 2.16 bits per heavy atom. The minimum absolute atomic E-state index is 0.0246. The summed E-state index contributed by atoms with van der Waals surface area (Å²) in [6.07, 6.45) is 0.942. The van der Waals surface area contributed by atoms with Crippen molar-refractivity contribution in [3.05, 3.63) is 28.8 Å². The van der Waals surface area contributed by atoms with Crippen molar-refractivity contribution in [2.24, 2.45) is 0 Å². The van der Waals surface area contributed by atoms with Crippen LogP contribution in [0.3, 0.4) is 0 Å². The second kappa shape index (κ2) is 5.72. The maximum absolute atomic E-state index is 12.0. The lowest BCUT2D eigenvalue weighted by atomic mass is 9.92. The summed E-state index contributed by atoms with van der Waals surface area (Å²) in [5.41, 5.74) is 3.69. The molecule has 1 aromatic rings. The first kappa shape index (κ1) is 14.0. The molecule has 0 fully saturated rings. The number of amides is 1. The van der Waals surface area contributed by atoms with Crippen molar-refractivity contribution < 1.29 is 14.6 Å². The molecule has 1 aliphatic heterocycles. The average molecular weight is 263 g/mol. The van der Waals surface area contributed by atoms with Crippen LogP contribution in [0.4, 0.5) is 5.69 Å². The van der Waals surface area contributed by atoms with E-state index in [1.807, 2.05) is 13.0 Å². The standard InChI is InChI=1S/C15H21NO3/c1-4-9-6-11-10(5-2)15(18)16-14(11)12(7-9)13(17)8-19-3/h6-7,10,13,17H,4-5,8H2,1-3H3,(H,16,18). The van der Waals surface area contributed by atoms with Gasteiger partial charge < -0.3 is 15.2 Å². The van der Waals surface area contributed by atoms with Gasteiger partial charge in [0.05, 0.1) is 18.2 Å². The zero-order valence-electron chi connectivity index (χ0n) is 11.7. The van der Waals surface area contributed by atoms with Crippen LogP contribution < -0.4 is 5.32 Å². The highest BCUT2D eigenvalue weighted by atomic mass is 16.5. The van der Waals surface area contributed by atoms with Gasteiger partial charge in [0.2, 0.25) is 5.91 Å². The van der Waals surface area contributed by atoms with Crippen LogP contribution in [0.15, 0.2) is 12.1 Å². The fraction of sp³-hybridized carbons (Fsp3) is 0.533. The summed E-state index contributed by atoms with van der Waals surface area (Å²) in [6.45, 7) is 4.30. The Morgan fingerprint density at radius 1 is 1.42 bits per heavy atom. The molecule has 0 saturated heterocycles. The Bertz CT molecular complexity index is 485. The lowest BCUT2D eigenvalue weighted by Crippen LogP contribution is -2.12. The van der Waals surface area contributed by atoms with Gasteiger partial charge in [-0.3, -0.25) is 4.79 Å². The number of aryl methyl sites for hydroxylation is 1. The Balaban J connectivity index is 2.50. The van der Waals surface area contributed by atoms with E-state index in [4.69, 9.17) is 4.74 Å². The lowest BCUT2D eigenvalue weighted by molar-refractivity contribution is -0.117. The summed E-state index contributed by atoms with van der Waals surface area (Å²) >= 11 is 0. The second-order valence-corrected chi connectivity index (χ2v) is 4.92. The molecule has 0 saturated carbocycles.